The van der Waals surface area contributed by atoms with Crippen LogP contribution in [0.2, 0.25) is 0 Å². The molecule has 6 nitrogen and oxygen atoms in total. The molecular weight excluding hydrogens is 294 g/mol. The first-order valence-electron chi connectivity index (χ1n) is 7.38. The van der Waals surface area contributed by atoms with Gasteiger partial charge in [-0.15, -0.1) is 0 Å². The average Bonchev–Trinajstić information content (AvgIpc) is 2.53. The van der Waals surface area contributed by atoms with Crippen molar-refractivity contribution in [2.24, 2.45) is 0 Å². The van der Waals surface area contributed by atoms with Crippen molar-refractivity contribution in [2.75, 3.05) is 0 Å². The third-order valence-electron chi connectivity index (χ3n) is 4.12. The van der Waals surface area contributed by atoms with Gasteiger partial charge in [-0.2, -0.15) is 0 Å². The molecule has 1 N–H and O–H groups in total. The Kier molecular flexibility index (Phi) is 3.82. The molecule has 0 aliphatic carbocycles. The fraction of sp³-hybridized carbons (Fsp3) is 0.294. The van der Waals surface area contributed by atoms with Gasteiger partial charge in [0.05, 0.1) is 11.3 Å². The molecule has 0 fully saturated rings. The summed E-state index contributed by atoms with van der Waals surface area (Å²) >= 11 is 0. The van der Waals surface area contributed by atoms with E-state index in [1.165, 1.54) is 11.1 Å². The number of rotatable bonds is 2. The molecule has 0 saturated carbocycles. The monoisotopic (exact) mass is 311 g/mol. The lowest BCUT2D eigenvalue weighted by molar-refractivity contribution is -0.142. The van der Waals surface area contributed by atoms with Crippen molar-refractivity contribution < 1.29 is 14.7 Å². The SMILES string of the molecule is Cc1ncc(C(=O)N2Cc3ccccc3CC2C(=O)O)c(C)n1. The van der Waals surface area contributed by atoms with Crippen LogP contribution in [0.25, 0.3) is 0 Å². The van der Waals surface area contributed by atoms with Crippen LogP contribution in [0.4, 0.5) is 0 Å². The number of hydrogen-bond acceptors (Lipinski definition) is 4. The summed E-state index contributed by atoms with van der Waals surface area (Å²) in [5.41, 5.74) is 2.86. The highest BCUT2D eigenvalue weighted by Gasteiger charge is 2.35. The molecule has 1 atom stereocenters. The number of aryl methyl sites for hydroxylation is 2. The van der Waals surface area contributed by atoms with Crippen molar-refractivity contribution in [3.05, 3.63) is 58.7 Å². The molecule has 6 heteroatoms. The zero-order valence-corrected chi connectivity index (χ0v) is 13.0. The zero-order chi connectivity index (χ0) is 16.6. The largest absolute Gasteiger partial charge is 0.480 e. The van der Waals surface area contributed by atoms with Crippen molar-refractivity contribution >= 4 is 11.9 Å². The Morgan fingerprint density at radius 1 is 1.22 bits per heavy atom. The van der Waals surface area contributed by atoms with Crippen LogP contribution in [0.1, 0.15) is 33.0 Å². The Balaban J connectivity index is 1.99. The van der Waals surface area contributed by atoms with Gasteiger partial charge >= 0.3 is 5.97 Å². The van der Waals surface area contributed by atoms with Gasteiger partial charge in [-0.1, -0.05) is 24.3 Å². The third kappa shape index (κ3) is 2.79. The van der Waals surface area contributed by atoms with Crippen LogP contribution in [-0.4, -0.2) is 37.9 Å². The van der Waals surface area contributed by atoms with E-state index in [1.807, 2.05) is 24.3 Å². The molecule has 0 spiro atoms. The van der Waals surface area contributed by atoms with E-state index in [2.05, 4.69) is 9.97 Å². The normalized spacial score (nSPS) is 16.8. The predicted octanol–water partition coefficient (Wildman–Crippen LogP) is 1.75. The van der Waals surface area contributed by atoms with Gasteiger partial charge in [-0.3, -0.25) is 4.79 Å². The standard InChI is InChI=1S/C17H17N3O3/c1-10-14(8-18-11(2)19-10)16(21)20-9-13-6-4-3-5-12(13)7-15(20)17(22)23/h3-6,8,15H,7,9H2,1-2H3,(H,22,23). The first-order valence-corrected chi connectivity index (χ1v) is 7.38. The fourth-order valence-corrected chi connectivity index (χ4v) is 2.90. The molecule has 23 heavy (non-hydrogen) atoms. The lowest BCUT2D eigenvalue weighted by Gasteiger charge is -2.34. The lowest BCUT2D eigenvalue weighted by Crippen LogP contribution is -2.48. The molecule has 1 aliphatic heterocycles. The Bertz CT molecular complexity index is 788. The summed E-state index contributed by atoms with van der Waals surface area (Å²) < 4.78 is 0. The summed E-state index contributed by atoms with van der Waals surface area (Å²) in [6.07, 6.45) is 1.78. The maximum Gasteiger partial charge on any atom is 0.326 e. The number of hydrogen-bond donors (Lipinski definition) is 1. The van der Waals surface area contributed by atoms with Crippen LogP contribution >= 0.6 is 0 Å². The topological polar surface area (TPSA) is 83.4 Å². The van der Waals surface area contributed by atoms with E-state index in [0.29, 0.717) is 23.5 Å². The van der Waals surface area contributed by atoms with Crippen molar-refractivity contribution in [1.82, 2.24) is 14.9 Å². The van der Waals surface area contributed by atoms with Gasteiger partial charge in [0.25, 0.3) is 5.91 Å². The molecule has 1 aromatic heterocycles. The quantitative estimate of drug-likeness (QED) is 0.913. The van der Waals surface area contributed by atoms with E-state index in [0.717, 1.165) is 11.1 Å². The second kappa shape index (κ2) is 5.79. The number of carboxylic acids is 1. The molecular formula is C17H17N3O3. The Morgan fingerprint density at radius 2 is 1.91 bits per heavy atom. The number of nitrogens with zero attached hydrogens (tertiary/aromatic N) is 3. The van der Waals surface area contributed by atoms with Crippen LogP contribution < -0.4 is 0 Å². The second-order valence-electron chi connectivity index (χ2n) is 5.68. The van der Waals surface area contributed by atoms with Crippen LogP contribution in [0, 0.1) is 13.8 Å². The van der Waals surface area contributed by atoms with E-state index < -0.39 is 12.0 Å². The Hall–Kier alpha value is -2.76. The van der Waals surface area contributed by atoms with Crippen molar-refractivity contribution in [3.8, 4) is 0 Å². The molecule has 0 bridgehead atoms. The van der Waals surface area contributed by atoms with Gasteiger partial charge in [0.15, 0.2) is 0 Å². The van der Waals surface area contributed by atoms with E-state index in [1.54, 1.807) is 13.8 Å². The molecule has 3 rings (SSSR count). The predicted molar refractivity (Wildman–Crippen MR) is 82.9 cm³/mol. The minimum Gasteiger partial charge on any atom is -0.480 e. The van der Waals surface area contributed by atoms with E-state index in [4.69, 9.17) is 0 Å². The van der Waals surface area contributed by atoms with Gasteiger partial charge in [0.2, 0.25) is 0 Å². The average molecular weight is 311 g/mol. The fourth-order valence-electron chi connectivity index (χ4n) is 2.90. The van der Waals surface area contributed by atoms with Gasteiger partial charge < -0.3 is 10.0 Å². The first-order chi connectivity index (χ1) is 11.0. The summed E-state index contributed by atoms with van der Waals surface area (Å²) in [5, 5.41) is 9.52. The van der Waals surface area contributed by atoms with Gasteiger partial charge in [0.1, 0.15) is 11.9 Å². The van der Waals surface area contributed by atoms with Crippen LogP contribution in [-0.2, 0) is 17.8 Å². The van der Waals surface area contributed by atoms with Crippen molar-refractivity contribution in [3.63, 3.8) is 0 Å². The van der Waals surface area contributed by atoms with Gasteiger partial charge in [0, 0.05) is 19.2 Å². The number of carbonyl (C=O) groups is 2. The van der Waals surface area contributed by atoms with Crippen molar-refractivity contribution in [1.29, 1.82) is 0 Å². The summed E-state index contributed by atoms with van der Waals surface area (Å²) in [5.74, 6) is -0.763. The molecule has 2 aromatic rings. The molecule has 1 amide bonds. The highest BCUT2D eigenvalue weighted by Crippen LogP contribution is 2.25. The number of carbonyl (C=O) groups excluding carboxylic acids is 1. The Morgan fingerprint density at radius 3 is 2.57 bits per heavy atom. The molecule has 0 saturated heterocycles. The maximum atomic E-state index is 12.8. The number of amides is 1. The van der Waals surface area contributed by atoms with Crippen LogP contribution in [0.5, 0.6) is 0 Å². The van der Waals surface area contributed by atoms with Crippen molar-refractivity contribution in [2.45, 2.75) is 32.9 Å². The molecule has 0 radical (unpaired) electrons. The summed E-state index contributed by atoms with van der Waals surface area (Å²) in [6.45, 7) is 3.76. The highest BCUT2D eigenvalue weighted by molar-refractivity contribution is 5.97. The molecule has 118 valence electrons. The number of benzene rings is 1. The number of fused-ring (bicyclic) bond motifs is 1. The molecule has 1 aliphatic rings. The number of aromatic nitrogens is 2. The lowest BCUT2D eigenvalue weighted by atomic mass is 9.93. The summed E-state index contributed by atoms with van der Waals surface area (Å²) in [4.78, 5) is 34.1. The van der Waals surface area contributed by atoms with Gasteiger partial charge in [-0.25, -0.2) is 14.8 Å². The van der Waals surface area contributed by atoms with Crippen LogP contribution in [0.3, 0.4) is 0 Å². The van der Waals surface area contributed by atoms with E-state index >= 15 is 0 Å². The van der Waals surface area contributed by atoms with Gasteiger partial charge in [-0.05, 0) is 25.0 Å². The minimum atomic E-state index is -1.00. The number of carboxylic acid groups (broad SMARTS) is 1. The second-order valence-corrected chi connectivity index (χ2v) is 5.68. The van der Waals surface area contributed by atoms with E-state index in [9.17, 15) is 14.7 Å². The molecule has 1 aromatic carbocycles. The highest BCUT2D eigenvalue weighted by atomic mass is 16.4. The first kappa shape index (κ1) is 15.1. The van der Waals surface area contributed by atoms with Crippen LogP contribution in [0.15, 0.2) is 30.5 Å². The van der Waals surface area contributed by atoms with E-state index in [-0.39, 0.29) is 12.5 Å². The molecule has 1 unspecified atom stereocenters. The molecule has 2 heterocycles. The maximum absolute atomic E-state index is 12.8. The number of aliphatic carboxylic acids is 1. The zero-order valence-electron chi connectivity index (χ0n) is 13.0. The third-order valence-corrected chi connectivity index (χ3v) is 4.12. The smallest absolute Gasteiger partial charge is 0.326 e. The summed E-state index contributed by atoms with van der Waals surface area (Å²) in [6, 6.07) is 6.73. The minimum absolute atomic E-state index is 0.277. The summed E-state index contributed by atoms with van der Waals surface area (Å²) in [7, 11) is 0. The Labute approximate surface area is 133 Å².